The molecule has 0 heterocycles. The second-order valence-corrected chi connectivity index (χ2v) is 10.1. The lowest BCUT2D eigenvalue weighted by atomic mass is 9.60. The van der Waals surface area contributed by atoms with Crippen molar-refractivity contribution < 1.29 is 10.2 Å². The van der Waals surface area contributed by atoms with Crippen LogP contribution in [0.25, 0.3) is 0 Å². The molecule has 2 N–H and O–H groups in total. The van der Waals surface area contributed by atoms with Gasteiger partial charge in [-0.15, -0.1) is 13.2 Å². The van der Waals surface area contributed by atoms with E-state index in [2.05, 4.69) is 54.7 Å². The number of aliphatic hydroxyl groups is 2. The molecule has 4 atom stereocenters. The Morgan fingerprint density at radius 3 is 1.08 bits per heavy atom. The molecule has 0 radical (unpaired) electrons. The van der Waals surface area contributed by atoms with E-state index in [1.54, 1.807) is 12.2 Å². The van der Waals surface area contributed by atoms with Crippen molar-refractivity contribution in [2.75, 3.05) is 0 Å². The first-order valence-corrected chi connectivity index (χ1v) is 9.28. The molecule has 0 aliphatic heterocycles. The maximum absolute atomic E-state index is 10.3. The van der Waals surface area contributed by atoms with Gasteiger partial charge < -0.3 is 10.2 Å². The molecule has 0 spiro atoms. The lowest BCUT2D eigenvalue weighted by Gasteiger charge is -2.45. The Balaban J connectivity index is 5.45. The minimum absolute atomic E-state index is 0.134. The lowest BCUT2D eigenvalue weighted by molar-refractivity contribution is 0.0136. The molecular formula is C22H42O2. The van der Waals surface area contributed by atoms with Crippen molar-refractivity contribution in [1.82, 2.24) is 0 Å². The second kappa shape index (κ2) is 8.19. The smallest absolute Gasteiger partial charge is 0.0797 e. The summed E-state index contributed by atoms with van der Waals surface area (Å²) in [6, 6.07) is 0. The topological polar surface area (TPSA) is 40.5 Å². The molecule has 0 aromatic carbocycles. The number of hydrogen-bond acceptors (Lipinski definition) is 2. The SMILES string of the molecule is C=C[C@](C)(O)CCC(C(CC[C@@](C)(O)C=C)C(C)(C)C)C(C)(C)C. The number of rotatable bonds is 9. The molecule has 2 nitrogen and oxygen atoms in total. The van der Waals surface area contributed by atoms with Gasteiger partial charge in [0.05, 0.1) is 11.2 Å². The summed E-state index contributed by atoms with van der Waals surface area (Å²) >= 11 is 0. The molecule has 24 heavy (non-hydrogen) atoms. The van der Waals surface area contributed by atoms with Crippen molar-refractivity contribution in [3.8, 4) is 0 Å². The Kier molecular flexibility index (Phi) is 7.98. The van der Waals surface area contributed by atoms with Crippen molar-refractivity contribution in [1.29, 1.82) is 0 Å². The summed E-state index contributed by atoms with van der Waals surface area (Å²) in [6.45, 7) is 24.9. The third-order valence-corrected chi connectivity index (χ3v) is 5.51. The quantitative estimate of drug-likeness (QED) is 0.526. The average molecular weight is 339 g/mol. The first-order valence-electron chi connectivity index (χ1n) is 9.28. The van der Waals surface area contributed by atoms with Crippen LogP contribution in [0.4, 0.5) is 0 Å². The third-order valence-electron chi connectivity index (χ3n) is 5.51. The lowest BCUT2D eigenvalue weighted by Crippen LogP contribution is -2.38. The molecule has 0 amide bonds. The minimum atomic E-state index is -0.821. The molecule has 142 valence electrons. The molecular weight excluding hydrogens is 296 g/mol. The third kappa shape index (κ3) is 7.98. The van der Waals surface area contributed by atoms with E-state index in [0.717, 1.165) is 12.8 Å². The van der Waals surface area contributed by atoms with Gasteiger partial charge in [-0.25, -0.2) is 0 Å². The highest BCUT2D eigenvalue weighted by Gasteiger charge is 2.39. The Bertz CT molecular complexity index is 365. The summed E-state index contributed by atoms with van der Waals surface area (Å²) in [4.78, 5) is 0. The van der Waals surface area contributed by atoms with E-state index < -0.39 is 11.2 Å². The maximum atomic E-state index is 10.3. The van der Waals surface area contributed by atoms with Gasteiger partial charge in [0.15, 0.2) is 0 Å². The van der Waals surface area contributed by atoms with Gasteiger partial charge in [-0.05, 0) is 62.2 Å². The summed E-state index contributed by atoms with van der Waals surface area (Å²) in [5, 5.41) is 20.7. The molecule has 0 rings (SSSR count). The molecule has 0 bridgehead atoms. The van der Waals surface area contributed by atoms with Crippen molar-refractivity contribution >= 4 is 0 Å². The Hall–Kier alpha value is -0.600. The molecule has 0 aliphatic carbocycles. The molecule has 2 unspecified atom stereocenters. The van der Waals surface area contributed by atoms with Gasteiger partial charge in [-0.3, -0.25) is 0 Å². The van der Waals surface area contributed by atoms with Crippen molar-refractivity contribution in [2.45, 2.75) is 92.3 Å². The summed E-state index contributed by atoms with van der Waals surface area (Å²) in [5.74, 6) is 0.897. The summed E-state index contributed by atoms with van der Waals surface area (Å²) in [7, 11) is 0. The molecule has 0 fully saturated rings. The van der Waals surface area contributed by atoms with Gasteiger partial charge >= 0.3 is 0 Å². The van der Waals surface area contributed by atoms with Crippen molar-refractivity contribution in [2.24, 2.45) is 22.7 Å². The zero-order valence-corrected chi connectivity index (χ0v) is 17.4. The Morgan fingerprint density at radius 1 is 0.667 bits per heavy atom. The second-order valence-electron chi connectivity index (χ2n) is 10.1. The van der Waals surface area contributed by atoms with Crippen LogP contribution in [0.15, 0.2) is 25.3 Å². The van der Waals surface area contributed by atoms with Crippen molar-refractivity contribution in [3.63, 3.8) is 0 Å². The molecule has 0 saturated carbocycles. The normalized spacial score (nSPS) is 20.6. The van der Waals surface area contributed by atoms with Gasteiger partial charge in [-0.2, -0.15) is 0 Å². The summed E-state index contributed by atoms with van der Waals surface area (Å²) < 4.78 is 0. The molecule has 2 heteroatoms. The van der Waals surface area contributed by atoms with E-state index in [1.165, 1.54) is 0 Å². The van der Waals surface area contributed by atoms with Crippen LogP contribution in [0, 0.1) is 22.7 Å². The standard InChI is InChI=1S/C22H42O2/c1-11-21(9,23)15-13-17(19(3,4)5)18(20(6,7)8)14-16-22(10,24)12-2/h11-12,17-18,23-24H,1-2,13-16H2,3-10H3/t17?,18?,21-,22-/m0/s1. The van der Waals surface area contributed by atoms with Crippen LogP contribution in [0.1, 0.15) is 81.1 Å². The largest absolute Gasteiger partial charge is 0.386 e. The Morgan fingerprint density at radius 2 is 0.917 bits per heavy atom. The maximum Gasteiger partial charge on any atom is 0.0797 e. The fourth-order valence-corrected chi connectivity index (χ4v) is 3.58. The zero-order chi connectivity index (χ0) is 19.4. The highest BCUT2D eigenvalue weighted by atomic mass is 16.3. The molecule has 0 aromatic heterocycles. The van der Waals surface area contributed by atoms with E-state index in [0.29, 0.717) is 24.7 Å². The first kappa shape index (κ1) is 23.4. The first-order chi connectivity index (χ1) is 10.6. The monoisotopic (exact) mass is 338 g/mol. The fraction of sp³-hybridized carbons (Fsp3) is 0.818. The van der Waals surface area contributed by atoms with Crippen LogP contribution >= 0.6 is 0 Å². The van der Waals surface area contributed by atoms with Crippen LogP contribution in [0.5, 0.6) is 0 Å². The Labute approximate surface area is 151 Å². The zero-order valence-electron chi connectivity index (χ0n) is 17.4. The van der Waals surface area contributed by atoms with Crippen LogP contribution in [0.3, 0.4) is 0 Å². The van der Waals surface area contributed by atoms with Crippen molar-refractivity contribution in [3.05, 3.63) is 25.3 Å². The van der Waals surface area contributed by atoms with E-state index in [1.807, 2.05) is 13.8 Å². The molecule has 0 aliphatic rings. The summed E-state index contributed by atoms with van der Waals surface area (Å²) in [6.07, 6.45) is 6.59. The predicted molar refractivity (Wildman–Crippen MR) is 106 cm³/mol. The fourth-order valence-electron chi connectivity index (χ4n) is 3.58. The summed E-state index contributed by atoms with van der Waals surface area (Å²) in [5.41, 5.74) is -1.37. The average Bonchev–Trinajstić information content (AvgIpc) is 2.39. The van der Waals surface area contributed by atoms with Gasteiger partial charge in [0, 0.05) is 0 Å². The predicted octanol–water partition coefficient (Wildman–Crippen LogP) is 5.75. The van der Waals surface area contributed by atoms with E-state index in [9.17, 15) is 10.2 Å². The molecule has 0 aromatic rings. The van der Waals surface area contributed by atoms with Gasteiger partial charge in [0.1, 0.15) is 0 Å². The minimum Gasteiger partial charge on any atom is -0.386 e. The van der Waals surface area contributed by atoms with Crippen LogP contribution in [-0.4, -0.2) is 21.4 Å². The van der Waals surface area contributed by atoms with Crippen LogP contribution < -0.4 is 0 Å². The highest BCUT2D eigenvalue weighted by Crippen LogP contribution is 2.47. The molecule has 0 saturated heterocycles. The van der Waals surface area contributed by atoms with E-state index in [4.69, 9.17) is 0 Å². The van der Waals surface area contributed by atoms with Gasteiger partial charge in [0.25, 0.3) is 0 Å². The van der Waals surface area contributed by atoms with E-state index in [-0.39, 0.29) is 10.8 Å². The highest BCUT2D eigenvalue weighted by molar-refractivity contribution is 4.97. The van der Waals surface area contributed by atoms with Gasteiger partial charge in [-0.1, -0.05) is 53.7 Å². The van der Waals surface area contributed by atoms with Gasteiger partial charge in [0.2, 0.25) is 0 Å². The van der Waals surface area contributed by atoms with Crippen LogP contribution in [-0.2, 0) is 0 Å². The van der Waals surface area contributed by atoms with Crippen LogP contribution in [0.2, 0.25) is 0 Å². The van der Waals surface area contributed by atoms with E-state index >= 15 is 0 Å². The number of hydrogen-bond donors (Lipinski definition) is 2.